The largest absolute Gasteiger partial charge is 0.478 e. The van der Waals surface area contributed by atoms with Crippen LogP contribution in [0.5, 0.6) is 0 Å². The lowest BCUT2D eigenvalue weighted by atomic mass is 10.1. The fraction of sp³-hybridized carbons (Fsp3) is 0.385. The monoisotopic (exact) mass is 266 g/mol. The van der Waals surface area contributed by atoms with Crippen molar-refractivity contribution in [2.45, 2.75) is 6.92 Å². The first-order chi connectivity index (χ1) is 8.99. The Balaban J connectivity index is 2.11. The SMILES string of the molecule is CC(=O)N1CCN(c2ccc(C(=O)O)cc2F)CC1. The van der Waals surface area contributed by atoms with Crippen molar-refractivity contribution in [2.24, 2.45) is 0 Å². The highest BCUT2D eigenvalue weighted by Gasteiger charge is 2.21. The van der Waals surface area contributed by atoms with Gasteiger partial charge >= 0.3 is 5.97 Å². The molecular formula is C13H15FN2O3. The first kappa shape index (κ1) is 13.3. The number of carboxylic acid groups (broad SMARTS) is 1. The zero-order valence-electron chi connectivity index (χ0n) is 10.6. The van der Waals surface area contributed by atoms with E-state index >= 15 is 0 Å². The predicted octanol–water partition coefficient (Wildman–Crippen LogP) is 1.19. The fourth-order valence-corrected chi connectivity index (χ4v) is 2.16. The molecule has 0 aromatic heterocycles. The summed E-state index contributed by atoms with van der Waals surface area (Å²) in [7, 11) is 0. The summed E-state index contributed by atoms with van der Waals surface area (Å²) in [6.45, 7) is 3.70. The van der Waals surface area contributed by atoms with Crippen LogP contribution in [0.15, 0.2) is 18.2 Å². The lowest BCUT2D eigenvalue weighted by Crippen LogP contribution is -2.48. The maximum Gasteiger partial charge on any atom is 0.335 e. The minimum absolute atomic E-state index is 0.0151. The van der Waals surface area contributed by atoms with Gasteiger partial charge in [0.15, 0.2) is 0 Å². The Kier molecular flexibility index (Phi) is 3.69. The first-order valence-corrected chi connectivity index (χ1v) is 6.02. The van der Waals surface area contributed by atoms with Gasteiger partial charge in [-0.15, -0.1) is 0 Å². The molecule has 1 heterocycles. The molecule has 5 nitrogen and oxygen atoms in total. The molecule has 19 heavy (non-hydrogen) atoms. The number of aromatic carboxylic acids is 1. The molecule has 0 unspecified atom stereocenters. The number of anilines is 1. The summed E-state index contributed by atoms with van der Waals surface area (Å²) >= 11 is 0. The molecule has 1 fully saturated rings. The summed E-state index contributed by atoms with van der Waals surface area (Å²) in [6.07, 6.45) is 0. The third-order valence-electron chi connectivity index (χ3n) is 3.26. The highest BCUT2D eigenvalue weighted by atomic mass is 19.1. The number of nitrogens with zero attached hydrogens (tertiary/aromatic N) is 2. The van der Waals surface area contributed by atoms with Gasteiger partial charge in [-0.2, -0.15) is 0 Å². The second-order valence-electron chi connectivity index (χ2n) is 4.46. The van der Waals surface area contributed by atoms with Crippen molar-refractivity contribution in [3.8, 4) is 0 Å². The number of carboxylic acids is 1. The van der Waals surface area contributed by atoms with Gasteiger partial charge in [-0.1, -0.05) is 0 Å². The van der Waals surface area contributed by atoms with Crippen molar-refractivity contribution in [1.29, 1.82) is 0 Å². The molecule has 0 bridgehead atoms. The lowest BCUT2D eigenvalue weighted by Gasteiger charge is -2.35. The maximum absolute atomic E-state index is 13.9. The van der Waals surface area contributed by atoms with Crippen LogP contribution in [-0.2, 0) is 4.79 Å². The van der Waals surface area contributed by atoms with Crippen LogP contribution < -0.4 is 4.90 Å². The Morgan fingerprint density at radius 1 is 1.21 bits per heavy atom. The zero-order chi connectivity index (χ0) is 14.0. The number of piperazine rings is 1. The molecule has 0 atom stereocenters. The van der Waals surface area contributed by atoms with Crippen LogP contribution in [0.2, 0.25) is 0 Å². The standard InChI is InChI=1S/C13H15FN2O3/c1-9(17)15-4-6-16(7-5-15)12-3-2-10(13(18)19)8-11(12)14/h2-3,8H,4-7H2,1H3,(H,18,19). The summed E-state index contributed by atoms with van der Waals surface area (Å²) in [5, 5.41) is 8.78. The van der Waals surface area contributed by atoms with E-state index < -0.39 is 11.8 Å². The van der Waals surface area contributed by atoms with E-state index in [1.165, 1.54) is 19.1 Å². The second kappa shape index (κ2) is 5.26. The molecule has 1 amide bonds. The Bertz CT molecular complexity index is 511. The molecular weight excluding hydrogens is 251 g/mol. The van der Waals surface area contributed by atoms with Crippen LogP contribution in [-0.4, -0.2) is 48.1 Å². The number of amides is 1. The third-order valence-corrected chi connectivity index (χ3v) is 3.26. The van der Waals surface area contributed by atoms with Gasteiger partial charge in [-0.3, -0.25) is 4.79 Å². The second-order valence-corrected chi connectivity index (χ2v) is 4.46. The van der Waals surface area contributed by atoms with Gasteiger partial charge in [0.1, 0.15) is 5.82 Å². The highest BCUT2D eigenvalue weighted by molar-refractivity contribution is 5.88. The minimum Gasteiger partial charge on any atom is -0.478 e. The number of halogens is 1. The van der Waals surface area contributed by atoms with Crippen LogP contribution in [0, 0.1) is 5.82 Å². The van der Waals surface area contributed by atoms with Crippen molar-refractivity contribution in [3.63, 3.8) is 0 Å². The molecule has 1 aliphatic heterocycles. The van der Waals surface area contributed by atoms with E-state index in [2.05, 4.69) is 0 Å². The summed E-state index contributed by atoms with van der Waals surface area (Å²) < 4.78 is 13.9. The molecule has 0 spiro atoms. The molecule has 0 aliphatic carbocycles. The lowest BCUT2D eigenvalue weighted by molar-refractivity contribution is -0.129. The van der Waals surface area contributed by atoms with E-state index in [1.54, 1.807) is 4.90 Å². The Morgan fingerprint density at radius 3 is 2.32 bits per heavy atom. The molecule has 0 radical (unpaired) electrons. The Labute approximate surface area is 110 Å². The Hall–Kier alpha value is -2.11. The fourth-order valence-electron chi connectivity index (χ4n) is 2.16. The van der Waals surface area contributed by atoms with Gasteiger partial charge < -0.3 is 14.9 Å². The van der Waals surface area contributed by atoms with E-state index in [0.717, 1.165) is 6.07 Å². The van der Waals surface area contributed by atoms with Gasteiger partial charge in [0.25, 0.3) is 0 Å². The van der Waals surface area contributed by atoms with Crippen molar-refractivity contribution in [1.82, 2.24) is 4.90 Å². The van der Waals surface area contributed by atoms with Gasteiger partial charge in [-0.25, -0.2) is 9.18 Å². The molecule has 1 saturated heterocycles. The predicted molar refractivity (Wildman–Crippen MR) is 67.8 cm³/mol. The average molecular weight is 266 g/mol. The third kappa shape index (κ3) is 2.83. The number of hydrogen-bond acceptors (Lipinski definition) is 3. The van der Waals surface area contributed by atoms with Crippen molar-refractivity contribution in [2.75, 3.05) is 31.1 Å². The number of hydrogen-bond donors (Lipinski definition) is 1. The van der Waals surface area contributed by atoms with Crippen molar-refractivity contribution in [3.05, 3.63) is 29.6 Å². The van der Waals surface area contributed by atoms with Crippen LogP contribution in [0.1, 0.15) is 17.3 Å². The molecule has 1 N–H and O–H groups in total. The molecule has 1 aliphatic rings. The quantitative estimate of drug-likeness (QED) is 0.873. The smallest absolute Gasteiger partial charge is 0.335 e. The zero-order valence-corrected chi connectivity index (χ0v) is 10.6. The van der Waals surface area contributed by atoms with Crippen LogP contribution >= 0.6 is 0 Å². The molecule has 2 rings (SSSR count). The molecule has 0 saturated carbocycles. The van der Waals surface area contributed by atoms with Crippen molar-refractivity contribution < 1.29 is 19.1 Å². The van der Waals surface area contributed by atoms with Gasteiger partial charge in [0, 0.05) is 33.1 Å². The Morgan fingerprint density at radius 2 is 1.84 bits per heavy atom. The highest BCUT2D eigenvalue weighted by Crippen LogP contribution is 2.22. The van der Waals surface area contributed by atoms with Crippen LogP contribution in [0.25, 0.3) is 0 Å². The molecule has 1 aromatic carbocycles. The number of benzene rings is 1. The van der Waals surface area contributed by atoms with E-state index in [4.69, 9.17) is 5.11 Å². The van der Waals surface area contributed by atoms with Crippen LogP contribution in [0.3, 0.4) is 0 Å². The number of carbonyl (C=O) groups is 2. The molecule has 6 heteroatoms. The summed E-state index contributed by atoms with van der Waals surface area (Å²) in [5.41, 5.74) is 0.317. The summed E-state index contributed by atoms with van der Waals surface area (Å²) in [5.74, 6) is -1.68. The van der Waals surface area contributed by atoms with E-state index in [9.17, 15) is 14.0 Å². The van der Waals surface area contributed by atoms with Crippen molar-refractivity contribution >= 4 is 17.6 Å². The summed E-state index contributed by atoms with van der Waals surface area (Å²) in [4.78, 5) is 25.5. The molecule has 102 valence electrons. The van der Waals surface area contributed by atoms with Gasteiger partial charge in [0.2, 0.25) is 5.91 Å². The van der Waals surface area contributed by atoms with Gasteiger partial charge in [0.05, 0.1) is 11.3 Å². The minimum atomic E-state index is -1.15. The van der Waals surface area contributed by atoms with Gasteiger partial charge in [-0.05, 0) is 18.2 Å². The normalized spacial score (nSPS) is 15.5. The van der Waals surface area contributed by atoms with E-state index in [0.29, 0.717) is 31.9 Å². The molecule has 1 aromatic rings. The van der Waals surface area contributed by atoms with Crippen LogP contribution in [0.4, 0.5) is 10.1 Å². The number of carbonyl (C=O) groups excluding carboxylic acids is 1. The van der Waals surface area contributed by atoms with E-state index in [1.807, 2.05) is 4.90 Å². The topological polar surface area (TPSA) is 60.9 Å². The summed E-state index contributed by atoms with van der Waals surface area (Å²) in [6, 6.07) is 3.88. The average Bonchev–Trinajstić information content (AvgIpc) is 2.38. The number of rotatable bonds is 2. The maximum atomic E-state index is 13.9. The first-order valence-electron chi connectivity index (χ1n) is 6.02. The van der Waals surface area contributed by atoms with E-state index in [-0.39, 0.29) is 11.5 Å².